The van der Waals surface area contributed by atoms with E-state index in [9.17, 15) is 24.2 Å². The molecule has 2 aliphatic rings. The highest BCUT2D eigenvalue weighted by Gasteiger charge is 2.36. The number of nitrogens with one attached hydrogen (secondary N) is 1. The van der Waals surface area contributed by atoms with Crippen LogP contribution in [0.5, 0.6) is 0 Å². The summed E-state index contributed by atoms with van der Waals surface area (Å²) in [5.41, 5.74) is 0.560. The molecule has 0 aliphatic heterocycles. The number of aliphatic hydroxyl groups excluding tert-OH is 2. The predicted molar refractivity (Wildman–Crippen MR) is 123 cm³/mol. The lowest BCUT2D eigenvalue weighted by Crippen LogP contribution is -2.37. The zero-order valence-electron chi connectivity index (χ0n) is 19.2. The molecule has 196 valence electrons. The van der Waals surface area contributed by atoms with Crippen molar-refractivity contribution in [1.82, 2.24) is 19.6 Å². The third-order valence-electron chi connectivity index (χ3n) is 6.16. The summed E-state index contributed by atoms with van der Waals surface area (Å²) in [5.74, 6) is 0.0184. The minimum atomic E-state index is -4.81. The van der Waals surface area contributed by atoms with Crippen LogP contribution in [-0.4, -0.2) is 82.3 Å². The van der Waals surface area contributed by atoms with Crippen molar-refractivity contribution in [2.45, 2.75) is 68.8 Å². The highest BCUT2D eigenvalue weighted by molar-refractivity contribution is 7.70. The van der Waals surface area contributed by atoms with Gasteiger partial charge in [-0.25, -0.2) is 14.5 Å². The Balaban J connectivity index is 1.55. The van der Waals surface area contributed by atoms with Crippen LogP contribution < -0.4 is 5.32 Å². The van der Waals surface area contributed by atoms with Crippen LogP contribution in [0.2, 0.25) is 0 Å². The van der Waals surface area contributed by atoms with Crippen molar-refractivity contribution in [3.63, 3.8) is 0 Å². The number of rotatable bonds is 12. The smallest absolute Gasteiger partial charge is 0.340 e. The third-order valence-corrected chi connectivity index (χ3v) is 9.61. The minimum Gasteiger partial charge on any atom is -0.387 e. The lowest BCUT2D eigenvalue weighted by Gasteiger charge is -2.26. The molecule has 4 rings (SSSR count). The van der Waals surface area contributed by atoms with E-state index in [0.717, 1.165) is 38.5 Å². The van der Waals surface area contributed by atoms with E-state index < -0.39 is 46.0 Å². The first-order chi connectivity index (χ1) is 16.5. The number of methoxy groups -OCH3 is 1. The number of aliphatic hydroxyl groups is 2. The Labute approximate surface area is 201 Å². The number of anilines is 1. The first-order valence-electron chi connectivity index (χ1n) is 11.4. The molecule has 4 atom stereocenters. The molecule has 1 unspecified atom stereocenters. The van der Waals surface area contributed by atoms with Gasteiger partial charge in [0.15, 0.2) is 23.2 Å². The predicted octanol–water partition coefficient (Wildman–Crippen LogP) is 1.10. The Morgan fingerprint density at radius 1 is 1.17 bits per heavy atom. The summed E-state index contributed by atoms with van der Waals surface area (Å²) in [7, 11) is -8.28. The summed E-state index contributed by atoms with van der Waals surface area (Å²) in [4.78, 5) is 36.6. The van der Waals surface area contributed by atoms with E-state index in [4.69, 9.17) is 19.0 Å². The number of aromatic nitrogens is 4. The zero-order valence-corrected chi connectivity index (χ0v) is 21.0. The van der Waals surface area contributed by atoms with Gasteiger partial charge < -0.3 is 39.5 Å². The van der Waals surface area contributed by atoms with Crippen molar-refractivity contribution in [3.05, 3.63) is 17.7 Å². The second-order valence-corrected chi connectivity index (χ2v) is 13.1. The zero-order chi connectivity index (χ0) is 25.4. The van der Waals surface area contributed by atoms with Crippen molar-refractivity contribution >= 4 is 26.7 Å². The number of fused-ring (bicyclic) bond motifs is 1. The molecular weight excluding hydrogens is 504 g/mol. The highest BCUT2D eigenvalue weighted by Crippen LogP contribution is 2.55. The molecule has 0 spiro atoms. The monoisotopic (exact) mass is 535 g/mol. The SMILES string of the molecule is CO[C@H](COP(=O)(O)CP(=O)(O)O)[C@@H](O)[C@@H](O)c1cnc2c(NC3CCCC3)nc(C3CC3)nn12. The van der Waals surface area contributed by atoms with Crippen LogP contribution in [0.3, 0.4) is 0 Å². The Morgan fingerprint density at radius 2 is 1.86 bits per heavy atom. The molecular formula is C19H31N5O9P2. The Kier molecular flexibility index (Phi) is 7.97. The van der Waals surface area contributed by atoms with Gasteiger partial charge in [-0.05, 0) is 25.7 Å². The summed E-state index contributed by atoms with van der Waals surface area (Å²) < 4.78 is 34.3. The maximum absolute atomic E-state index is 11.9. The van der Waals surface area contributed by atoms with E-state index in [-0.39, 0.29) is 17.7 Å². The summed E-state index contributed by atoms with van der Waals surface area (Å²) >= 11 is 0. The van der Waals surface area contributed by atoms with Gasteiger partial charge in [0.1, 0.15) is 18.3 Å². The molecule has 2 heterocycles. The second kappa shape index (κ2) is 10.5. The molecule has 6 N–H and O–H groups in total. The molecule has 0 saturated heterocycles. The largest absolute Gasteiger partial charge is 0.387 e. The molecule has 0 aromatic carbocycles. The maximum atomic E-state index is 11.9. The standard InChI is InChI=1S/C19H31N5O9P2/c1-32-14(9-33-35(30,31)10-34(27,28)29)16(26)15(25)13-8-20-19-18(21-12-4-2-3-5-12)22-17(11-6-7-11)23-24(13)19/h8,11-12,14-16,25-26H,2-7,9-10H2,1H3,(H,30,31)(H,21,22,23)(H2,27,28,29)/t14-,15+,16-/m1/s1. The number of hydrogen-bond acceptors (Lipinski definition) is 10. The highest BCUT2D eigenvalue weighted by atomic mass is 31.2. The quantitative estimate of drug-likeness (QED) is 0.211. The maximum Gasteiger partial charge on any atom is 0.340 e. The number of hydrogen-bond donors (Lipinski definition) is 6. The fraction of sp³-hybridized carbons (Fsp3) is 0.737. The normalized spacial score (nSPS) is 21.7. The van der Waals surface area contributed by atoms with Gasteiger partial charge in [0.2, 0.25) is 0 Å². The van der Waals surface area contributed by atoms with Crippen LogP contribution in [0.25, 0.3) is 5.65 Å². The van der Waals surface area contributed by atoms with Crippen molar-refractivity contribution in [2.24, 2.45) is 0 Å². The van der Waals surface area contributed by atoms with Crippen LogP contribution in [0.15, 0.2) is 6.20 Å². The minimum absolute atomic E-state index is 0.163. The topological polar surface area (TPSA) is 209 Å². The molecule has 2 aliphatic carbocycles. The van der Waals surface area contributed by atoms with Gasteiger partial charge in [-0.15, -0.1) is 0 Å². The average molecular weight is 535 g/mol. The van der Waals surface area contributed by atoms with Gasteiger partial charge in [0.25, 0.3) is 0 Å². The summed E-state index contributed by atoms with van der Waals surface area (Å²) in [6, 6.07) is 0.272. The Morgan fingerprint density at radius 3 is 2.46 bits per heavy atom. The fourth-order valence-corrected chi connectivity index (χ4v) is 6.71. The Bertz CT molecular complexity index is 1130. The van der Waals surface area contributed by atoms with Gasteiger partial charge in [0.05, 0.1) is 18.5 Å². The van der Waals surface area contributed by atoms with Crippen LogP contribution in [0.1, 0.15) is 62.1 Å². The molecule has 0 amide bonds. The van der Waals surface area contributed by atoms with Crippen molar-refractivity contribution in [1.29, 1.82) is 0 Å². The van der Waals surface area contributed by atoms with Gasteiger partial charge in [-0.2, -0.15) is 5.10 Å². The van der Waals surface area contributed by atoms with E-state index in [1.165, 1.54) is 17.8 Å². The van der Waals surface area contributed by atoms with Gasteiger partial charge in [-0.1, -0.05) is 12.8 Å². The van der Waals surface area contributed by atoms with Crippen LogP contribution in [0.4, 0.5) is 5.82 Å². The molecule has 2 aromatic rings. The van der Waals surface area contributed by atoms with Crippen molar-refractivity contribution in [3.8, 4) is 0 Å². The lowest BCUT2D eigenvalue weighted by molar-refractivity contribution is -0.0926. The van der Waals surface area contributed by atoms with Crippen molar-refractivity contribution in [2.75, 3.05) is 24.9 Å². The summed E-state index contributed by atoms with van der Waals surface area (Å²) in [6.07, 6.45) is 3.10. The molecule has 35 heavy (non-hydrogen) atoms. The lowest BCUT2D eigenvalue weighted by atomic mass is 10.1. The molecule has 2 saturated carbocycles. The molecule has 0 bridgehead atoms. The van der Waals surface area contributed by atoms with Gasteiger partial charge in [0, 0.05) is 19.1 Å². The molecule has 14 nitrogen and oxygen atoms in total. The number of nitrogens with zero attached hydrogens (tertiary/aromatic N) is 4. The number of ether oxygens (including phenoxy) is 1. The van der Waals surface area contributed by atoms with E-state index in [1.54, 1.807) is 0 Å². The van der Waals surface area contributed by atoms with Crippen LogP contribution in [-0.2, 0) is 18.4 Å². The summed E-state index contributed by atoms with van der Waals surface area (Å²) in [6.45, 7) is -0.698. The third kappa shape index (κ3) is 6.65. The van der Waals surface area contributed by atoms with Crippen LogP contribution in [0, 0.1) is 0 Å². The molecule has 16 heteroatoms. The van der Waals surface area contributed by atoms with Gasteiger partial charge >= 0.3 is 15.2 Å². The van der Waals surface area contributed by atoms with E-state index in [0.29, 0.717) is 17.3 Å². The molecule has 2 aromatic heterocycles. The average Bonchev–Trinajstić information content (AvgIpc) is 3.33. The summed E-state index contributed by atoms with van der Waals surface area (Å²) in [5, 5.41) is 29.6. The van der Waals surface area contributed by atoms with Crippen LogP contribution >= 0.6 is 15.2 Å². The fourth-order valence-electron chi connectivity index (χ4n) is 4.14. The molecule has 2 fully saturated rings. The van der Waals surface area contributed by atoms with Crippen molar-refractivity contribution < 1.29 is 43.3 Å². The molecule has 0 radical (unpaired) electrons. The van der Waals surface area contributed by atoms with Gasteiger partial charge in [-0.3, -0.25) is 9.13 Å². The second-order valence-electron chi connectivity index (χ2n) is 9.09. The first-order valence-corrected chi connectivity index (χ1v) is 15.0. The van der Waals surface area contributed by atoms with E-state index in [1.807, 2.05) is 0 Å². The van der Waals surface area contributed by atoms with E-state index >= 15 is 0 Å². The Hall–Kier alpha value is -1.47. The van der Waals surface area contributed by atoms with E-state index in [2.05, 4.69) is 20.4 Å². The first kappa shape index (κ1) is 26.6. The number of imidazole rings is 1.